The molecule has 6 aliphatic rings. The van der Waals surface area contributed by atoms with Crippen molar-refractivity contribution in [2.75, 3.05) is 83.8 Å². The van der Waals surface area contributed by atoms with E-state index in [0.29, 0.717) is 52.7 Å². The fourth-order valence-corrected chi connectivity index (χ4v) is 11.5. The molecule has 0 spiro atoms. The van der Waals surface area contributed by atoms with E-state index in [1.807, 2.05) is 40.0 Å². The van der Waals surface area contributed by atoms with E-state index in [-0.39, 0.29) is 0 Å². The van der Waals surface area contributed by atoms with Gasteiger partial charge in [-0.25, -0.2) is 0 Å². The molecule has 6 fully saturated rings. The van der Waals surface area contributed by atoms with Crippen molar-refractivity contribution in [3.63, 3.8) is 0 Å². The Morgan fingerprint density at radius 2 is 0.979 bits per heavy atom. The quantitative estimate of drug-likeness (QED) is 0.242. The van der Waals surface area contributed by atoms with Crippen molar-refractivity contribution >= 4 is 23.3 Å². The first-order valence-electron chi connectivity index (χ1n) is 17.0. The van der Waals surface area contributed by atoms with Gasteiger partial charge in [-0.2, -0.15) is 0 Å². The molecule has 9 rings (SSSR count). The first kappa shape index (κ1) is 32.9. The zero-order valence-corrected chi connectivity index (χ0v) is 29.2. The summed E-state index contributed by atoms with van der Waals surface area (Å²) in [6.45, 7) is 12.4. The summed E-state index contributed by atoms with van der Waals surface area (Å²) in [5.74, 6) is 0. The van der Waals surface area contributed by atoms with Gasteiger partial charge in [0.15, 0.2) is 0 Å². The molecule has 8 heterocycles. The highest BCUT2D eigenvalue weighted by atomic mass is 28.4. The number of nitrogens with zero attached hydrogens (tertiary/aromatic N) is 9. The molecular formula is C30H47N9O6Si2. The van der Waals surface area contributed by atoms with E-state index < -0.39 is 17.6 Å². The zero-order chi connectivity index (χ0) is 31.8. The molecule has 0 atom stereocenters. The van der Waals surface area contributed by atoms with Crippen molar-refractivity contribution in [3.8, 4) is 0 Å². The zero-order valence-electron chi connectivity index (χ0n) is 27.2. The van der Waals surface area contributed by atoms with E-state index in [9.17, 15) is 0 Å². The first-order valence-corrected chi connectivity index (χ1v) is 20.9. The van der Waals surface area contributed by atoms with Gasteiger partial charge in [0, 0.05) is 70.1 Å². The van der Waals surface area contributed by atoms with Crippen LogP contribution in [0.1, 0.15) is 24.2 Å². The van der Waals surface area contributed by atoms with Crippen molar-refractivity contribution in [1.82, 2.24) is 39.8 Å². The van der Waals surface area contributed by atoms with Crippen LogP contribution in [0.3, 0.4) is 0 Å². The number of benzene rings is 1. The summed E-state index contributed by atoms with van der Waals surface area (Å²) in [6.07, 6.45) is 5.77. The predicted molar refractivity (Wildman–Crippen MR) is 175 cm³/mol. The van der Waals surface area contributed by atoms with E-state index in [0.717, 1.165) is 94.4 Å². The Bertz CT molecular complexity index is 1260. The highest BCUT2D eigenvalue weighted by Gasteiger charge is 2.44. The van der Waals surface area contributed by atoms with E-state index in [1.54, 1.807) is 0 Å². The van der Waals surface area contributed by atoms with E-state index in [1.165, 1.54) is 0 Å². The second kappa shape index (κ2) is 15.8. The molecular weight excluding hydrogens is 639 g/mol. The summed E-state index contributed by atoms with van der Waals surface area (Å²) in [6, 6.07) is 11.9. The summed E-state index contributed by atoms with van der Waals surface area (Å²) < 4.78 is 41.0. The third-order valence-corrected chi connectivity index (χ3v) is 14.9. The number of hydrogen-bond donors (Lipinski definition) is 0. The third kappa shape index (κ3) is 8.91. The fourth-order valence-electron chi connectivity index (χ4n) is 6.56. The van der Waals surface area contributed by atoms with Crippen molar-refractivity contribution in [1.29, 1.82) is 0 Å². The van der Waals surface area contributed by atoms with Gasteiger partial charge in [0.05, 0.1) is 65.1 Å². The fraction of sp³-hybridized carbons (Fsp3) is 0.667. The van der Waals surface area contributed by atoms with Crippen LogP contribution in [0.15, 0.2) is 42.7 Å². The molecule has 2 aromatic heterocycles. The average molecular weight is 686 g/mol. The van der Waals surface area contributed by atoms with Gasteiger partial charge >= 0.3 is 17.6 Å². The summed E-state index contributed by atoms with van der Waals surface area (Å²) in [7, 11) is -5.29. The lowest BCUT2D eigenvalue weighted by Gasteiger charge is -2.38. The molecule has 0 saturated carbocycles. The lowest BCUT2D eigenvalue weighted by molar-refractivity contribution is -0.00919. The van der Waals surface area contributed by atoms with E-state index in [4.69, 9.17) is 26.6 Å². The minimum atomic E-state index is -2.64. The Hall–Kier alpha value is -2.59. The Morgan fingerprint density at radius 1 is 0.574 bits per heavy atom. The third-order valence-electron chi connectivity index (χ3n) is 9.12. The van der Waals surface area contributed by atoms with Gasteiger partial charge in [0.2, 0.25) is 0 Å². The van der Waals surface area contributed by atoms with Gasteiger partial charge in [-0.1, -0.05) is 28.6 Å². The molecule has 6 saturated heterocycles. The van der Waals surface area contributed by atoms with Crippen LogP contribution in [0, 0.1) is 0 Å². The highest BCUT2D eigenvalue weighted by Crippen LogP contribution is 2.24. The molecule has 1 aromatic carbocycles. The molecule has 0 radical (unpaired) electrons. The van der Waals surface area contributed by atoms with E-state index in [2.05, 4.69) is 47.5 Å². The monoisotopic (exact) mass is 685 g/mol. The average Bonchev–Trinajstić information content (AvgIpc) is 3.67. The number of para-hydroxylation sites is 1. The summed E-state index contributed by atoms with van der Waals surface area (Å²) in [4.78, 5) is 6.92. The maximum Gasteiger partial charge on any atom is 0.501 e. The van der Waals surface area contributed by atoms with Crippen molar-refractivity contribution in [2.45, 2.75) is 51.1 Å². The Kier molecular flexibility index (Phi) is 11.0. The summed E-state index contributed by atoms with van der Waals surface area (Å²) in [5.41, 5.74) is 2.87. The lowest BCUT2D eigenvalue weighted by atomic mass is 10.2. The minimum absolute atomic E-state index is 0.596. The van der Waals surface area contributed by atoms with Crippen LogP contribution in [0.2, 0.25) is 12.1 Å². The molecule has 4 bridgehead atoms. The summed E-state index contributed by atoms with van der Waals surface area (Å²) in [5, 5.41) is 17.9. The van der Waals surface area contributed by atoms with Gasteiger partial charge < -0.3 is 31.5 Å². The number of aryl methyl sites for hydroxylation is 2. The highest BCUT2D eigenvalue weighted by molar-refractivity contribution is 6.61. The molecule has 47 heavy (non-hydrogen) atoms. The lowest BCUT2D eigenvalue weighted by Crippen LogP contribution is -2.55. The summed E-state index contributed by atoms with van der Waals surface area (Å²) >= 11 is 0. The van der Waals surface area contributed by atoms with Gasteiger partial charge in [0.25, 0.3) is 0 Å². The molecule has 15 nitrogen and oxygen atoms in total. The van der Waals surface area contributed by atoms with Gasteiger partial charge in [0.1, 0.15) is 11.4 Å². The molecule has 0 amide bonds. The molecule has 6 aliphatic heterocycles. The topological polar surface area (TPSA) is 127 Å². The number of hydrogen-bond acceptors (Lipinski definition) is 13. The minimum Gasteiger partial charge on any atom is -0.372 e. The van der Waals surface area contributed by atoms with Crippen LogP contribution < -0.4 is 4.90 Å². The number of rotatable bonds is 13. The van der Waals surface area contributed by atoms with Gasteiger partial charge in [-0.15, -0.1) is 10.2 Å². The van der Waals surface area contributed by atoms with Crippen LogP contribution in [-0.4, -0.2) is 136 Å². The van der Waals surface area contributed by atoms with Gasteiger partial charge in [-0.3, -0.25) is 19.2 Å². The molecule has 256 valence electrons. The van der Waals surface area contributed by atoms with Crippen molar-refractivity contribution < 1.29 is 26.6 Å². The number of aromatic nitrogens is 6. The Morgan fingerprint density at radius 3 is 1.38 bits per heavy atom. The largest absolute Gasteiger partial charge is 0.501 e. The van der Waals surface area contributed by atoms with Gasteiger partial charge in [-0.05, 0) is 25.0 Å². The maximum absolute atomic E-state index is 6.19. The maximum atomic E-state index is 6.19. The Labute approximate surface area is 278 Å². The van der Waals surface area contributed by atoms with Crippen molar-refractivity contribution in [3.05, 3.63) is 54.1 Å². The molecule has 0 unspecified atom stereocenters. The second-order valence-electron chi connectivity index (χ2n) is 12.5. The van der Waals surface area contributed by atoms with Crippen LogP contribution in [0.25, 0.3) is 0 Å². The predicted octanol–water partition coefficient (Wildman–Crippen LogP) is 1.49. The van der Waals surface area contributed by atoms with Crippen LogP contribution >= 0.6 is 0 Å². The normalized spacial score (nSPS) is 28.2. The number of fused-ring (bicyclic) bond motifs is 12. The molecule has 0 N–H and O–H groups in total. The smallest absolute Gasteiger partial charge is 0.372 e. The van der Waals surface area contributed by atoms with Crippen LogP contribution in [-0.2, 0) is 52.7 Å². The Balaban J connectivity index is 0.927. The SMILES string of the molecule is c1ccc(N(Cc2cn(CCC[Si]34OCCN(CCO3)CCO4)nn2)Cc2cn(CCC[Si]34OCCN(CCO3)CCO4)nn2)cc1. The molecule has 3 aromatic rings. The van der Waals surface area contributed by atoms with Crippen LogP contribution in [0.4, 0.5) is 5.69 Å². The van der Waals surface area contributed by atoms with Crippen LogP contribution in [0.5, 0.6) is 0 Å². The molecule has 17 heteroatoms. The van der Waals surface area contributed by atoms with Crippen molar-refractivity contribution in [2.24, 2.45) is 0 Å². The van der Waals surface area contributed by atoms with E-state index >= 15 is 0 Å². The standard InChI is InChI=1S/C30H47N9O6Si2/c1-2-6-30(7-3-1)37(24-28-26-38(33-31-28)8-4-22-46-40-16-10-35(11-17-41-46)12-18-42-46)25-29-27-39(34-32-29)9-5-23-47-43-19-13-36(14-20-44-47)15-21-45-47/h1-3,6-7,26-27H,4-5,8-25H2. The first-order chi connectivity index (χ1) is 23.1. The number of anilines is 1. The molecule has 0 aliphatic carbocycles. The second-order valence-corrected chi connectivity index (χ2v) is 17.9.